The first kappa shape index (κ1) is 20.5. The molecule has 9 heteroatoms. The van der Waals surface area contributed by atoms with Gasteiger partial charge in [-0.1, -0.05) is 20.8 Å². The summed E-state index contributed by atoms with van der Waals surface area (Å²) in [5, 5.41) is 4.54. The molecule has 2 rings (SSSR count). The van der Waals surface area contributed by atoms with Crippen LogP contribution in [0, 0.1) is 0 Å². The van der Waals surface area contributed by atoms with Crippen molar-refractivity contribution in [2.75, 3.05) is 25.0 Å². The van der Waals surface area contributed by atoms with Crippen LogP contribution in [0.15, 0.2) is 0 Å². The van der Waals surface area contributed by atoms with E-state index in [0.29, 0.717) is 0 Å². The Balaban J connectivity index is 0.000000463. The van der Waals surface area contributed by atoms with Gasteiger partial charge in [0.2, 0.25) is 0 Å². The Kier molecular flexibility index (Phi) is 8.68. The van der Waals surface area contributed by atoms with E-state index in [4.69, 9.17) is 24.2 Å². The number of hydrogen-bond donors (Lipinski definition) is 1. The highest BCUT2D eigenvalue weighted by atomic mass is 32.1. The van der Waals surface area contributed by atoms with E-state index < -0.39 is 7.82 Å². The Labute approximate surface area is 142 Å². The second kappa shape index (κ2) is 9.71. The Morgan fingerprint density at radius 3 is 2.43 bits per heavy atom. The van der Waals surface area contributed by atoms with E-state index in [9.17, 15) is 0 Å². The first-order valence-electron chi connectivity index (χ1n) is 7.97. The predicted octanol–water partition coefficient (Wildman–Crippen LogP) is 0.340. The number of anilines is 1. The molecule has 1 atom stereocenters. The largest absolute Gasteiger partial charge is 0.822 e. The number of likely N-dealkylation sites (N-methyl/N-ethyl adjacent to an activating group) is 1. The summed E-state index contributed by atoms with van der Waals surface area (Å²) in [6, 6.07) is 0.729. The van der Waals surface area contributed by atoms with E-state index in [-0.39, 0.29) is 0 Å². The molecule has 7 nitrogen and oxygen atoms in total. The predicted molar refractivity (Wildman–Crippen MR) is 87.2 cm³/mol. The number of hydrogen-bond acceptors (Lipinski definition) is 8. The first-order valence-corrected chi connectivity index (χ1v) is 10.3. The molecule has 0 bridgehead atoms. The summed E-state index contributed by atoms with van der Waals surface area (Å²) in [7, 11) is -5.39. The van der Waals surface area contributed by atoms with Gasteiger partial charge in [-0.25, -0.2) is 4.98 Å². The van der Waals surface area contributed by atoms with Gasteiger partial charge in [0.05, 0.1) is 5.69 Å². The van der Waals surface area contributed by atoms with Crippen molar-refractivity contribution in [3.63, 3.8) is 0 Å². The number of thiazole rings is 1. The summed E-state index contributed by atoms with van der Waals surface area (Å²) < 4.78 is 8.55. The van der Waals surface area contributed by atoms with Crippen LogP contribution in [0.4, 0.5) is 5.13 Å². The van der Waals surface area contributed by atoms with Crippen molar-refractivity contribution in [2.24, 2.45) is 0 Å². The third-order valence-corrected chi connectivity index (χ3v) is 4.85. The second-order valence-electron chi connectivity index (χ2n) is 5.38. The molecule has 1 aliphatic carbocycles. The van der Waals surface area contributed by atoms with E-state index in [2.05, 4.69) is 31.0 Å². The SMILES string of the molecule is CCCNc1nc2c(s1)C[C@@H](N(CC)CC)CC2.O=P([O-])([O-])[O-]. The van der Waals surface area contributed by atoms with Gasteiger partial charge in [-0.15, -0.1) is 11.3 Å². The molecule has 0 amide bonds. The van der Waals surface area contributed by atoms with Crippen molar-refractivity contribution in [2.45, 2.75) is 52.5 Å². The Bertz CT molecular complexity index is 508. The zero-order valence-electron chi connectivity index (χ0n) is 13.9. The quantitative estimate of drug-likeness (QED) is 0.726. The summed E-state index contributed by atoms with van der Waals surface area (Å²) in [5.74, 6) is 0. The molecule has 1 aromatic heterocycles. The van der Waals surface area contributed by atoms with Gasteiger partial charge < -0.3 is 29.5 Å². The van der Waals surface area contributed by atoms with Gasteiger partial charge in [0, 0.05) is 17.5 Å². The van der Waals surface area contributed by atoms with Gasteiger partial charge in [0.15, 0.2) is 5.13 Å². The first-order chi connectivity index (χ1) is 10.8. The lowest BCUT2D eigenvalue weighted by Gasteiger charge is -2.36. The van der Waals surface area contributed by atoms with Gasteiger partial charge in [-0.05, 0) is 38.8 Å². The fraction of sp³-hybridized carbons (Fsp3) is 0.786. The fourth-order valence-corrected chi connectivity index (χ4v) is 3.82. The maximum Gasteiger partial charge on any atom is 0.183 e. The minimum absolute atomic E-state index is 0.729. The molecule has 0 radical (unpaired) electrons. The number of phosphoric acid groups is 1. The summed E-state index contributed by atoms with van der Waals surface area (Å²) >= 11 is 1.87. The average molecular weight is 362 g/mol. The number of fused-ring (bicyclic) bond motifs is 1. The highest BCUT2D eigenvalue weighted by Crippen LogP contribution is 2.31. The Morgan fingerprint density at radius 1 is 1.30 bits per heavy atom. The molecule has 0 spiro atoms. The van der Waals surface area contributed by atoms with Crippen molar-refractivity contribution < 1.29 is 19.2 Å². The van der Waals surface area contributed by atoms with Crippen molar-refractivity contribution in [3.8, 4) is 0 Å². The minimum atomic E-state index is -5.39. The number of rotatable bonds is 6. The third kappa shape index (κ3) is 7.74. The van der Waals surface area contributed by atoms with Crippen LogP contribution in [0.25, 0.3) is 0 Å². The van der Waals surface area contributed by atoms with Crippen LogP contribution in [-0.2, 0) is 17.4 Å². The van der Waals surface area contributed by atoms with Crippen molar-refractivity contribution >= 4 is 24.3 Å². The molecule has 0 fully saturated rings. The topological polar surface area (TPSA) is 114 Å². The van der Waals surface area contributed by atoms with Gasteiger partial charge in [-0.2, -0.15) is 7.82 Å². The number of aryl methyl sites for hydroxylation is 1. The van der Waals surface area contributed by atoms with Crippen molar-refractivity contribution in [3.05, 3.63) is 10.6 Å². The van der Waals surface area contributed by atoms with E-state index in [1.165, 1.54) is 23.4 Å². The molecular formula is C14H25N3O4PS-3. The maximum absolute atomic E-state index is 8.55. The van der Waals surface area contributed by atoms with Crippen LogP contribution in [0.2, 0.25) is 0 Å². The number of nitrogens with one attached hydrogen (secondary N) is 1. The smallest absolute Gasteiger partial charge is 0.183 e. The lowest BCUT2D eigenvalue weighted by atomic mass is 9.96. The molecule has 0 saturated heterocycles. The molecule has 134 valence electrons. The second-order valence-corrected chi connectivity index (χ2v) is 7.36. The van der Waals surface area contributed by atoms with Crippen LogP contribution in [-0.4, -0.2) is 35.6 Å². The van der Waals surface area contributed by atoms with E-state index in [1.807, 2.05) is 11.3 Å². The fourth-order valence-electron chi connectivity index (χ4n) is 2.72. The zero-order chi connectivity index (χ0) is 17.5. The van der Waals surface area contributed by atoms with E-state index >= 15 is 0 Å². The van der Waals surface area contributed by atoms with Crippen LogP contribution in [0.3, 0.4) is 0 Å². The molecule has 1 heterocycles. The molecule has 1 aliphatic rings. The van der Waals surface area contributed by atoms with Crippen molar-refractivity contribution in [1.82, 2.24) is 9.88 Å². The number of nitrogens with zero attached hydrogens (tertiary/aromatic N) is 2. The van der Waals surface area contributed by atoms with Crippen LogP contribution in [0.1, 0.15) is 44.2 Å². The van der Waals surface area contributed by atoms with Crippen molar-refractivity contribution in [1.29, 1.82) is 0 Å². The summed E-state index contributed by atoms with van der Waals surface area (Å²) in [6.07, 6.45) is 4.78. The molecule has 1 N–H and O–H groups in total. The monoisotopic (exact) mass is 362 g/mol. The molecule has 0 unspecified atom stereocenters. The number of aromatic nitrogens is 1. The summed E-state index contributed by atoms with van der Waals surface area (Å²) in [5.41, 5.74) is 1.35. The third-order valence-electron chi connectivity index (χ3n) is 3.77. The molecule has 23 heavy (non-hydrogen) atoms. The van der Waals surface area contributed by atoms with E-state index in [1.54, 1.807) is 0 Å². The normalized spacial score (nSPS) is 17.4. The van der Waals surface area contributed by atoms with Gasteiger partial charge in [0.25, 0.3) is 0 Å². The van der Waals surface area contributed by atoms with Gasteiger partial charge >= 0.3 is 0 Å². The Hall–Kier alpha value is -0.500. The lowest BCUT2D eigenvalue weighted by Crippen LogP contribution is -2.38. The highest BCUT2D eigenvalue weighted by molar-refractivity contribution is 7.40. The molecule has 0 aromatic carbocycles. The maximum atomic E-state index is 8.55. The Morgan fingerprint density at radius 2 is 1.91 bits per heavy atom. The van der Waals surface area contributed by atoms with Crippen LogP contribution in [0.5, 0.6) is 0 Å². The standard InChI is InChI=1S/C14H25N3S.H3O4P/c1-4-9-15-14-16-12-8-7-11(10-13(12)18-14)17(5-2)6-3;1-5(2,3)4/h11H,4-10H2,1-3H3,(H,15,16);(H3,1,2,3,4)/p-3/t11-;/m0./s1. The van der Waals surface area contributed by atoms with E-state index in [0.717, 1.165) is 43.6 Å². The molecule has 0 saturated carbocycles. The van der Waals surface area contributed by atoms with Crippen LogP contribution >= 0.6 is 19.2 Å². The zero-order valence-corrected chi connectivity index (χ0v) is 15.6. The molecule has 0 aliphatic heterocycles. The lowest BCUT2D eigenvalue weighted by molar-refractivity contribution is -0.432. The van der Waals surface area contributed by atoms with Gasteiger partial charge in [0.1, 0.15) is 0 Å². The summed E-state index contributed by atoms with van der Waals surface area (Å²) in [4.78, 5) is 34.5. The minimum Gasteiger partial charge on any atom is -0.822 e. The molecule has 1 aromatic rings. The summed E-state index contributed by atoms with van der Waals surface area (Å²) in [6.45, 7) is 10.1. The van der Waals surface area contributed by atoms with Gasteiger partial charge in [-0.3, -0.25) is 0 Å². The molecular weight excluding hydrogens is 337 g/mol. The van der Waals surface area contributed by atoms with Crippen LogP contribution < -0.4 is 20.0 Å². The highest BCUT2D eigenvalue weighted by Gasteiger charge is 2.25. The average Bonchev–Trinajstić information content (AvgIpc) is 2.86.